The van der Waals surface area contributed by atoms with Gasteiger partial charge in [-0.25, -0.2) is 4.68 Å². The molecule has 2 fully saturated rings. The van der Waals surface area contributed by atoms with Crippen molar-refractivity contribution >= 4 is 17.2 Å². The number of hydrogen-bond acceptors (Lipinski definition) is 4. The molecule has 0 unspecified atom stereocenters. The van der Waals surface area contributed by atoms with Gasteiger partial charge in [-0.3, -0.25) is 9.59 Å². The highest BCUT2D eigenvalue weighted by atomic mass is 32.1. The van der Waals surface area contributed by atoms with Crippen molar-refractivity contribution in [2.24, 2.45) is 5.92 Å². The molecule has 2 aromatic heterocycles. The first-order valence-corrected chi connectivity index (χ1v) is 9.85. The van der Waals surface area contributed by atoms with Crippen LogP contribution in [0.15, 0.2) is 29.1 Å². The molecule has 0 radical (unpaired) electrons. The molecule has 1 amide bonds. The molecule has 4 rings (SSSR count). The van der Waals surface area contributed by atoms with Crippen molar-refractivity contribution in [2.75, 3.05) is 13.1 Å². The fourth-order valence-corrected chi connectivity index (χ4v) is 4.30. The van der Waals surface area contributed by atoms with E-state index >= 15 is 0 Å². The molecule has 2 aliphatic rings. The Bertz CT molecular complexity index is 829. The van der Waals surface area contributed by atoms with Gasteiger partial charge in [-0.2, -0.15) is 5.10 Å². The van der Waals surface area contributed by atoms with E-state index in [0.717, 1.165) is 36.5 Å². The molecule has 3 heterocycles. The van der Waals surface area contributed by atoms with Crippen molar-refractivity contribution in [1.82, 2.24) is 14.7 Å². The van der Waals surface area contributed by atoms with Gasteiger partial charge in [0.25, 0.3) is 11.5 Å². The van der Waals surface area contributed by atoms with Gasteiger partial charge < -0.3 is 4.90 Å². The van der Waals surface area contributed by atoms with Crippen LogP contribution in [0, 0.1) is 12.8 Å². The number of aryl methyl sites for hydroxylation is 1. The Kier molecular flexibility index (Phi) is 4.46. The molecule has 0 aromatic carbocycles. The van der Waals surface area contributed by atoms with Crippen molar-refractivity contribution in [3.8, 4) is 0 Å². The van der Waals surface area contributed by atoms with Crippen LogP contribution in [0.1, 0.15) is 51.8 Å². The molecule has 6 heteroatoms. The molecule has 1 aliphatic heterocycles. The zero-order valence-corrected chi connectivity index (χ0v) is 15.3. The van der Waals surface area contributed by atoms with Gasteiger partial charge in [-0.05, 0) is 56.7 Å². The predicted molar refractivity (Wildman–Crippen MR) is 98.2 cm³/mol. The van der Waals surface area contributed by atoms with Gasteiger partial charge in [-0.15, -0.1) is 11.3 Å². The van der Waals surface area contributed by atoms with E-state index in [-0.39, 0.29) is 11.5 Å². The molecule has 5 nitrogen and oxygen atoms in total. The summed E-state index contributed by atoms with van der Waals surface area (Å²) in [6, 6.07) is 7.44. The number of amides is 1. The maximum absolute atomic E-state index is 12.5. The Morgan fingerprint density at radius 1 is 1.16 bits per heavy atom. The van der Waals surface area contributed by atoms with Crippen LogP contribution in [-0.2, 0) is 6.54 Å². The van der Waals surface area contributed by atoms with E-state index in [4.69, 9.17) is 0 Å². The molecule has 1 aliphatic carbocycles. The number of likely N-dealkylation sites (tertiary alicyclic amines) is 1. The Labute approximate surface area is 151 Å². The Morgan fingerprint density at radius 2 is 1.92 bits per heavy atom. The average molecular weight is 357 g/mol. The number of carbonyl (C=O) groups is 1. The summed E-state index contributed by atoms with van der Waals surface area (Å²) >= 11 is 1.56. The monoisotopic (exact) mass is 357 g/mol. The van der Waals surface area contributed by atoms with Crippen molar-refractivity contribution < 1.29 is 4.79 Å². The number of nitrogens with zero attached hydrogens (tertiary/aromatic N) is 3. The summed E-state index contributed by atoms with van der Waals surface area (Å²) in [6.45, 7) is 4.21. The number of piperidine rings is 1. The smallest absolute Gasteiger partial charge is 0.266 e. The minimum absolute atomic E-state index is 0.0167. The number of carbonyl (C=O) groups excluding carboxylic acids is 1. The molecule has 1 saturated heterocycles. The third-order valence-electron chi connectivity index (χ3n) is 5.17. The van der Waals surface area contributed by atoms with E-state index in [1.165, 1.54) is 17.7 Å². The minimum atomic E-state index is -0.0167. The molecule has 1 saturated carbocycles. The maximum atomic E-state index is 12.5. The van der Waals surface area contributed by atoms with Crippen molar-refractivity contribution in [3.63, 3.8) is 0 Å². The molecular weight excluding hydrogens is 334 g/mol. The van der Waals surface area contributed by atoms with Crippen LogP contribution >= 0.6 is 11.3 Å². The lowest BCUT2D eigenvalue weighted by molar-refractivity contribution is 0.0685. The van der Waals surface area contributed by atoms with Crippen LogP contribution in [0.3, 0.4) is 0 Å². The van der Waals surface area contributed by atoms with Crippen LogP contribution in [0.5, 0.6) is 0 Å². The molecular formula is C19H23N3O2S. The number of thiophene rings is 1. The lowest BCUT2D eigenvalue weighted by Crippen LogP contribution is -2.40. The van der Waals surface area contributed by atoms with Gasteiger partial charge in [0, 0.05) is 36.5 Å². The Hall–Kier alpha value is -1.95. The molecule has 0 spiro atoms. The molecule has 0 N–H and O–H groups in total. The summed E-state index contributed by atoms with van der Waals surface area (Å²) in [5.41, 5.74) is 1.04. The van der Waals surface area contributed by atoms with Gasteiger partial charge >= 0.3 is 0 Å². The number of hydrogen-bond donors (Lipinski definition) is 0. The second-order valence-electron chi connectivity index (χ2n) is 7.20. The number of rotatable bonds is 4. The second-order valence-corrected chi connectivity index (χ2v) is 8.49. The van der Waals surface area contributed by atoms with E-state index < -0.39 is 0 Å². The van der Waals surface area contributed by atoms with E-state index in [1.807, 2.05) is 30.0 Å². The van der Waals surface area contributed by atoms with E-state index in [0.29, 0.717) is 18.4 Å². The fraction of sp³-hybridized carbons (Fsp3) is 0.526. The Balaban J connectivity index is 1.37. The first kappa shape index (κ1) is 16.5. The van der Waals surface area contributed by atoms with Gasteiger partial charge in [0.2, 0.25) is 0 Å². The normalized spacial score (nSPS) is 18.5. The van der Waals surface area contributed by atoms with Gasteiger partial charge in [0.15, 0.2) is 0 Å². The SMILES string of the molecule is Cc1ccc(C(=O)N2CCC(Cn3nc(C4CC4)ccc3=O)CC2)s1. The lowest BCUT2D eigenvalue weighted by atomic mass is 9.96. The van der Waals surface area contributed by atoms with Crippen LogP contribution < -0.4 is 5.56 Å². The zero-order valence-electron chi connectivity index (χ0n) is 14.5. The summed E-state index contributed by atoms with van der Waals surface area (Å²) in [7, 11) is 0. The van der Waals surface area contributed by atoms with Gasteiger partial charge in [0.1, 0.15) is 0 Å². The topological polar surface area (TPSA) is 55.2 Å². The van der Waals surface area contributed by atoms with E-state index in [1.54, 1.807) is 22.1 Å². The highest BCUT2D eigenvalue weighted by molar-refractivity contribution is 7.13. The predicted octanol–water partition coefficient (Wildman–Crippen LogP) is 3.04. The third-order valence-corrected chi connectivity index (χ3v) is 6.16. The molecule has 25 heavy (non-hydrogen) atoms. The summed E-state index contributed by atoms with van der Waals surface area (Å²) in [5.74, 6) is 1.11. The van der Waals surface area contributed by atoms with Crippen LogP contribution in [-0.4, -0.2) is 33.7 Å². The van der Waals surface area contributed by atoms with Crippen molar-refractivity contribution in [2.45, 2.75) is 45.1 Å². The Morgan fingerprint density at radius 3 is 2.56 bits per heavy atom. The highest BCUT2D eigenvalue weighted by Crippen LogP contribution is 2.38. The van der Waals surface area contributed by atoms with Gasteiger partial charge in [-0.1, -0.05) is 0 Å². The quantitative estimate of drug-likeness (QED) is 0.845. The number of aromatic nitrogens is 2. The molecule has 0 atom stereocenters. The summed E-state index contributed by atoms with van der Waals surface area (Å²) in [6.07, 6.45) is 4.23. The first-order valence-electron chi connectivity index (χ1n) is 9.04. The summed E-state index contributed by atoms with van der Waals surface area (Å²) in [5, 5.41) is 4.56. The molecule has 2 aromatic rings. The molecule has 132 valence electrons. The first-order chi connectivity index (χ1) is 12.1. The second kappa shape index (κ2) is 6.75. The van der Waals surface area contributed by atoms with E-state index in [2.05, 4.69) is 5.10 Å². The standard InChI is InChI=1S/C19H23N3O2S/c1-13-2-6-17(25-13)19(24)21-10-8-14(9-11-21)12-22-18(23)7-5-16(20-22)15-3-4-15/h2,5-7,14-15H,3-4,8-12H2,1H3. The minimum Gasteiger partial charge on any atom is -0.338 e. The largest absolute Gasteiger partial charge is 0.338 e. The van der Waals surface area contributed by atoms with Gasteiger partial charge in [0.05, 0.1) is 10.6 Å². The zero-order chi connectivity index (χ0) is 17.4. The highest BCUT2D eigenvalue weighted by Gasteiger charge is 2.27. The summed E-state index contributed by atoms with van der Waals surface area (Å²) < 4.78 is 1.64. The van der Waals surface area contributed by atoms with Crippen LogP contribution in [0.2, 0.25) is 0 Å². The molecule has 0 bridgehead atoms. The maximum Gasteiger partial charge on any atom is 0.266 e. The van der Waals surface area contributed by atoms with Crippen molar-refractivity contribution in [1.29, 1.82) is 0 Å². The van der Waals surface area contributed by atoms with E-state index in [9.17, 15) is 9.59 Å². The van der Waals surface area contributed by atoms with Crippen molar-refractivity contribution in [3.05, 3.63) is 50.1 Å². The average Bonchev–Trinajstić information content (AvgIpc) is 3.38. The third kappa shape index (κ3) is 3.68. The fourth-order valence-electron chi connectivity index (χ4n) is 3.46. The summed E-state index contributed by atoms with van der Waals surface area (Å²) in [4.78, 5) is 28.5. The van der Waals surface area contributed by atoms with Crippen LogP contribution in [0.25, 0.3) is 0 Å². The van der Waals surface area contributed by atoms with Crippen LogP contribution in [0.4, 0.5) is 0 Å². The lowest BCUT2D eigenvalue weighted by Gasteiger charge is -2.31.